The molecule has 6 aromatic rings. The Bertz CT molecular complexity index is 1860. The third-order valence-electron chi connectivity index (χ3n) is 8.39. The molecular formula is C40H40N2O6S2. The molecule has 0 aliphatic rings. The molecular weight excluding hydrogens is 669 g/mol. The van der Waals surface area contributed by atoms with Crippen molar-refractivity contribution < 1.29 is 28.5 Å². The Morgan fingerprint density at radius 1 is 0.540 bits per heavy atom. The molecule has 2 heterocycles. The van der Waals surface area contributed by atoms with Crippen LogP contribution < -0.4 is 9.47 Å². The lowest BCUT2D eigenvalue weighted by molar-refractivity contribution is -0.185. The number of hydrogen-bond donors (Lipinski definition) is 0. The first-order valence-corrected chi connectivity index (χ1v) is 18.1. The number of fused-ring (bicyclic) bond motifs is 2. The van der Waals surface area contributed by atoms with Crippen molar-refractivity contribution in [1.82, 2.24) is 9.80 Å². The van der Waals surface area contributed by atoms with Gasteiger partial charge in [0.1, 0.15) is 23.7 Å². The van der Waals surface area contributed by atoms with Crippen molar-refractivity contribution in [1.29, 1.82) is 0 Å². The number of esters is 2. The lowest BCUT2D eigenvalue weighted by Crippen LogP contribution is -2.41. The Labute approximate surface area is 300 Å². The molecule has 50 heavy (non-hydrogen) atoms. The molecule has 0 aliphatic carbocycles. The van der Waals surface area contributed by atoms with Gasteiger partial charge in [-0.2, -0.15) is 0 Å². The topological polar surface area (TPSA) is 77.5 Å². The third kappa shape index (κ3) is 8.51. The van der Waals surface area contributed by atoms with E-state index in [0.717, 1.165) is 42.8 Å². The third-order valence-corrected chi connectivity index (χ3v) is 10.3. The molecule has 10 heteroatoms. The van der Waals surface area contributed by atoms with Gasteiger partial charge in [-0.25, -0.2) is 9.59 Å². The standard InChI is InChI=1S/C40H40N2O6S2/c1-41(2)37(25-33(35-21-11-23-49-35)45-31-19-9-15-27-13-5-7-17-29(27)31)47-39(43)40(44)48-38(42(3)4)26-34(36-22-12-24-50-36)46-32-20-10-16-28-14-6-8-18-30(28)32/h5-24,33-34,37-38H,25-26H2,1-4H3. The molecule has 4 atom stereocenters. The SMILES string of the molecule is CN(C)C(CC(Oc1cccc2ccccc12)c1cccs1)OC(=O)C(=O)OC(CC(Oc1cccc2ccccc12)c1cccs1)N(C)C. The summed E-state index contributed by atoms with van der Waals surface area (Å²) >= 11 is 3.12. The number of carbonyl (C=O) groups is 2. The van der Waals surface area contributed by atoms with Crippen LogP contribution in [0, 0.1) is 0 Å². The molecule has 258 valence electrons. The summed E-state index contributed by atoms with van der Waals surface area (Å²) in [4.78, 5) is 32.2. The van der Waals surface area contributed by atoms with E-state index in [4.69, 9.17) is 18.9 Å². The van der Waals surface area contributed by atoms with Gasteiger partial charge in [0.25, 0.3) is 0 Å². The molecule has 8 nitrogen and oxygen atoms in total. The molecule has 0 saturated heterocycles. The Hall–Kier alpha value is -4.74. The zero-order valence-electron chi connectivity index (χ0n) is 28.4. The van der Waals surface area contributed by atoms with Crippen molar-refractivity contribution in [3.8, 4) is 11.5 Å². The van der Waals surface area contributed by atoms with E-state index in [1.165, 1.54) is 0 Å². The molecule has 2 aromatic heterocycles. The van der Waals surface area contributed by atoms with Crippen LogP contribution in [0.2, 0.25) is 0 Å². The molecule has 0 amide bonds. The van der Waals surface area contributed by atoms with Crippen molar-refractivity contribution in [3.05, 3.63) is 130 Å². The van der Waals surface area contributed by atoms with Gasteiger partial charge in [-0.1, -0.05) is 84.9 Å². The van der Waals surface area contributed by atoms with Gasteiger partial charge in [-0.15, -0.1) is 22.7 Å². The maximum atomic E-state index is 13.4. The van der Waals surface area contributed by atoms with Gasteiger partial charge in [0.05, 0.1) is 0 Å². The van der Waals surface area contributed by atoms with Gasteiger partial charge < -0.3 is 18.9 Å². The van der Waals surface area contributed by atoms with E-state index in [2.05, 4.69) is 0 Å². The first-order chi connectivity index (χ1) is 24.3. The number of benzene rings is 4. The first-order valence-electron chi connectivity index (χ1n) is 16.4. The summed E-state index contributed by atoms with van der Waals surface area (Å²) in [6.45, 7) is 0. The highest BCUT2D eigenvalue weighted by atomic mass is 32.1. The highest BCUT2D eigenvalue weighted by Crippen LogP contribution is 2.36. The maximum absolute atomic E-state index is 13.4. The van der Waals surface area contributed by atoms with E-state index in [0.29, 0.717) is 0 Å². The molecule has 4 unspecified atom stereocenters. The summed E-state index contributed by atoms with van der Waals surface area (Å²) in [5.41, 5.74) is 0. The number of ether oxygens (including phenoxy) is 4. The number of rotatable bonds is 14. The summed E-state index contributed by atoms with van der Waals surface area (Å²) < 4.78 is 24.8. The molecule has 0 spiro atoms. The predicted octanol–water partition coefficient (Wildman–Crippen LogP) is 8.70. The van der Waals surface area contributed by atoms with Gasteiger partial charge in [0.2, 0.25) is 0 Å². The van der Waals surface area contributed by atoms with E-state index >= 15 is 0 Å². The summed E-state index contributed by atoms with van der Waals surface area (Å²) in [6, 6.07) is 35.8. The van der Waals surface area contributed by atoms with E-state index in [9.17, 15) is 9.59 Å². The Morgan fingerprint density at radius 3 is 1.32 bits per heavy atom. The lowest BCUT2D eigenvalue weighted by atomic mass is 10.1. The largest absolute Gasteiger partial charge is 0.484 e. The lowest BCUT2D eigenvalue weighted by Gasteiger charge is -2.30. The minimum absolute atomic E-state index is 0.284. The highest BCUT2D eigenvalue weighted by Gasteiger charge is 2.32. The van der Waals surface area contributed by atoms with Crippen LogP contribution in [-0.2, 0) is 19.1 Å². The Morgan fingerprint density at radius 2 is 0.940 bits per heavy atom. The van der Waals surface area contributed by atoms with Crippen LogP contribution in [-0.4, -0.2) is 62.4 Å². The summed E-state index contributed by atoms with van der Waals surface area (Å²) in [5, 5.41) is 8.06. The number of carbonyl (C=O) groups excluding carboxylic acids is 2. The predicted molar refractivity (Wildman–Crippen MR) is 200 cm³/mol. The highest BCUT2D eigenvalue weighted by molar-refractivity contribution is 7.10. The maximum Gasteiger partial charge on any atom is 0.419 e. The zero-order chi connectivity index (χ0) is 35.0. The van der Waals surface area contributed by atoms with Crippen LogP contribution >= 0.6 is 22.7 Å². The summed E-state index contributed by atoms with van der Waals surface area (Å²) in [5.74, 6) is -0.698. The van der Waals surface area contributed by atoms with Gasteiger partial charge in [-0.3, -0.25) is 9.80 Å². The zero-order valence-corrected chi connectivity index (χ0v) is 30.1. The van der Waals surface area contributed by atoms with Crippen LogP contribution in [0.5, 0.6) is 11.5 Å². The minimum atomic E-state index is -1.08. The normalized spacial score (nSPS) is 14.0. The van der Waals surface area contributed by atoms with Gasteiger partial charge >= 0.3 is 11.9 Å². The number of thiophene rings is 2. The van der Waals surface area contributed by atoms with Gasteiger partial charge in [0.15, 0.2) is 12.5 Å². The van der Waals surface area contributed by atoms with Crippen molar-refractivity contribution in [2.45, 2.75) is 37.5 Å². The molecule has 0 bridgehead atoms. The molecule has 4 aromatic carbocycles. The molecule has 0 aliphatic heterocycles. The summed E-state index contributed by atoms with van der Waals surface area (Å²) in [7, 11) is 7.19. The number of nitrogens with zero attached hydrogens (tertiary/aromatic N) is 2. The van der Waals surface area contributed by atoms with Crippen LogP contribution in [0.4, 0.5) is 0 Å². The van der Waals surface area contributed by atoms with E-state index in [1.807, 2.05) is 120 Å². The second-order valence-electron chi connectivity index (χ2n) is 12.3. The summed E-state index contributed by atoms with van der Waals surface area (Å²) in [6.07, 6.45) is -1.86. The molecule has 0 fully saturated rings. The average Bonchev–Trinajstić information content (AvgIpc) is 3.86. The van der Waals surface area contributed by atoms with E-state index in [-0.39, 0.29) is 12.8 Å². The van der Waals surface area contributed by atoms with Gasteiger partial charge in [-0.05, 0) is 74.0 Å². The van der Waals surface area contributed by atoms with Gasteiger partial charge in [0, 0.05) is 33.4 Å². The smallest absolute Gasteiger partial charge is 0.419 e. The Balaban J connectivity index is 1.16. The quantitative estimate of drug-likeness (QED) is 0.0632. The fourth-order valence-electron chi connectivity index (χ4n) is 5.74. The second-order valence-corrected chi connectivity index (χ2v) is 14.3. The van der Waals surface area contributed by atoms with Crippen molar-refractivity contribution in [3.63, 3.8) is 0 Å². The molecule has 0 N–H and O–H groups in total. The Kier molecular flexibility index (Phi) is 11.5. The fourth-order valence-corrected chi connectivity index (χ4v) is 7.27. The van der Waals surface area contributed by atoms with Crippen LogP contribution in [0.25, 0.3) is 21.5 Å². The number of hydrogen-bond acceptors (Lipinski definition) is 10. The van der Waals surface area contributed by atoms with Crippen molar-refractivity contribution in [2.75, 3.05) is 28.2 Å². The van der Waals surface area contributed by atoms with Crippen LogP contribution in [0.15, 0.2) is 120 Å². The minimum Gasteiger partial charge on any atom is -0.484 e. The van der Waals surface area contributed by atoms with E-state index < -0.39 is 36.6 Å². The second kappa shape index (κ2) is 16.3. The molecule has 6 rings (SSSR count). The van der Waals surface area contributed by atoms with Crippen molar-refractivity contribution in [2.24, 2.45) is 0 Å². The monoisotopic (exact) mass is 708 g/mol. The van der Waals surface area contributed by atoms with E-state index in [1.54, 1.807) is 60.7 Å². The van der Waals surface area contributed by atoms with Crippen LogP contribution in [0.3, 0.4) is 0 Å². The van der Waals surface area contributed by atoms with Crippen LogP contribution in [0.1, 0.15) is 34.8 Å². The fraction of sp³-hybridized carbons (Fsp3) is 0.250. The first kappa shape index (κ1) is 35.1. The molecule has 0 saturated carbocycles. The average molecular weight is 709 g/mol. The van der Waals surface area contributed by atoms with Crippen molar-refractivity contribution >= 4 is 56.2 Å². The molecule has 0 radical (unpaired) electrons.